The molecule has 0 aliphatic heterocycles. The van der Waals surface area contributed by atoms with Gasteiger partial charge in [0.15, 0.2) is 0 Å². The standard InChI is InChI=1S/C14H19N5S/c1-8(5-15)6-19(4)7-11-17-13(16)12-9(2)10(3)20-14(12)18-11/h8H,6-7H2,1-4H3,(H2,16,17,18). The normalized spacial score (nSPS) is 12.8. The number of aromatic nitrogens is 2. The number of rotatable bonds is 4. The summed E-state index contributed by atoms with van der Waals surface area (Å²) in [5.41, 5.74) is 7.23. The topological polar surface area (TPSA) is 78.8 Å². The molecule has 0 saturated heterocycles. The van der Waals surface area contributed by atoms with E-state index in [0.29, 0.717) is 24.7 Å². The molecule has 5 nitrogen and oxygen atoms in total. The minimum atomic E-state index is -0.00713. The summed E-state index contributed by atoms with van der Waals surface area (Å²) in [6.45, 7) is 7.32. The Balaban J connectivity index is 2.26. The summed E-state index contributed by atoms with van der Waals surface area (Å²) < 4.78 is 0. The number of hydrogen-bond donors (Lipinski definition) is 1. The van der Waals surface area contributed by atoms with Crippen molar-refractivity contribution in [2.45, 2.75) is 27.3 Å². The van der Waals surface area contributed by atoms with Gasteiger partial charge in [-0.15, -0.1) is 11.3 Å². The van der Waals surface area contributed by atoms with Crippen molar-refractivity contribution in [2.24, 2.45) is 5.92 Å². The minimum absolute atomic E-state index is 0.00713. The second kappa shape index (κ2) is 5.73. The molecule has 0 amide bonds. The van der Waals surface area contributed by atoms with Crippen molar-refractivity contribution < 1.29 is 0 Å². The Kier molecular flexibility index (Phi) is 4.21. The fourth-order valence-electron chi connectivity index (χ4n) is 2.21. The molecule has 1 unspecified atom stereocenters. The molecule has 2 rings (SSSR count). The van der Waals surface area contributed by atoms with Crippen molar-refractivity contribution in [3.63, 3.8) is 0 Å². The molecule has 2 heterocycles. The van der Waals surface area contributed by atoms with Crippen molar-refractivity contribution in [1.82, 2.24) is 14.9 Å². The SMILES string of the molecule is Cc1sc2nc(CN(C)CC(C)C#N)nc(N)c2c1C. The van der Waals surface area contributed by atoms with Crippen molar-refractivity contribution in [3.8, 4) is 6.07 Å². The third-order valence-corrected chi connectivity index (χ3v) is 4.42. The number of nitriles is 1. The first-order valence-electron chi connectivity index (χ1n) is 6.52. The fourth-order valence-corrected chi connectivity index (χ4v) is 3.27. The van der Waals surface area contributed by atoms with Crippen molar-refractivity contribution in [2.75, 3.05) is 19.3 Å². The van der Waals surface area contributed by atoms with Crippen LogP contribution in [-0.4, -0.2) is 28.5 Å². The summed E-state index contributed by atoms with van der Waals surface area (Å²) in [7, 11) is 1.96. The highest BCUT2D eigenvalue weighted by Crippen LogP contribution is 2.31. The minimum Gasteiger partial charge on any atom is -0.383 e. The summed E-state index contributed by atoms with van der Waals surface area (Å²) in [5.74, 6) is 1.25. The Morgan fingerprint density at radius 3 is 2.75 bits per heavy atom. The van der Waals surface area contributed by atoms with Crippen LogP contribution in [-0.2, 0) is 6.54 Å². The Morgan fingerprint density at radius 1 is 1.40 bits per heavy atom. The molecule has 2 aromatic rings. The lowest BCUT2D eigenvalue weighted by Crippen LogP contribution is -2.24. The van der Waals surface area contributed by atoms with Crippen LogP contribution in [0.3, 0.4) is 0 Å². The highest BCUT2D eigenvalue weighted by atomic mass is 32.1. The van der Waals surface area contributed by atoms with Crippen LogP contribution in [0.4, 0.5) is 5.82 Å². The van der Waals surface area contributed by atoms with Gasteiger partial charge in [-0.3, -0.25) is 4.90 Å². The smallest absolute Gasteiger partial charge is 0.146 e. The first-order valence-corrected chi connectivity index (χ1v) is 7.34. The summed E-state index contributed by atoms with van der Waals surface area (Å²) in [6.07, 6.45) is 0. The number of hydrogen-bond acceptors (Lipinski definition) is 6. The van der Waals surface area contributed by atoms with Gasteiger partial charge in [0.1, 0.15) is 16.5 Å². The van der Waals surface area contributed by atoms with Gasteiger partial charge in [-0.2, -0.15) is 5.26 Å². The van der Waals surface area contributed by atoms with E-state index in [1.54, 1.807) is 11.3 Å². The zero-order chi connectivity index (χ0) is 14.9. The number of nitrogens with two attached hydrogens (primary N) is 1. The average Bonchev–Trinajstić information content (AvgIpc) is 2.64. The van der Waals surface area contributed by atoms with Gasteiger partial charge in [-0.1, -0.05) is 0 Å². The number of nitrogen functional groups attached to an aromatic ring is 1. The summed E-state index contributed by atoms with van der Waals surface area (Å²) in [6, 6.07) is 2.23. The lowest BCUT2D eigenvalue weighted by atomic mass is 10.2. The van der Waals surface area contributed by atoms with Gasteiger partial charge in [0.05, 0.1) is 23.9 Å². The van der Waals surface area contributed by atoms with Crippen LogP contribution in [0.1, 0.15) is 23.2 Å². The van der Waals surface area contributed by atoms with E-state index >= 15 is 0 Å². The lowest BCUT2D eigenvalue weighted by Gasteiger charge is -2.16. The van der Waals surface area contributed by atoms with Crippen molar-refractivity contribution in [3.05, 3.63) is 16.3 Å². The summed E-state index contributed by atoms with van der Waals surface area (Å²) in [4.78, 5) is 13.2. The number of aryl methyl sites for hydroxylation is 2. The van der Waals surface area contributed by atoms with Gasteiger partial charge in [-0.05, 0) is 33.4 Å². The average molecular weight is 289 g/mol. The van der Waals surface area contributed by atoms with Crippen molar-refractivity contribution >= 4 is 27.4 Å². The van der Waals surface area contributed by atoms with Crippen LogP contribution in [0, 0.1) is 31.1 Å². The predicted octanol–water partition coefficient (Wildman–Crippen LogP) is 2.48. The van der Waals surface area contributed by atoms with Crippen LogP contribution in [0.25, 0.3) is 10.2 Å². The molecule has 0 bridgehead atoms. The third-order valence-electron chi connectivity index (χ3n) is 3.32. The number of nitrogens with zero attached hydrogens (tertiary/aromatic N) is 4. The van der Waals surface area contributed by atoms with Crippen LogP contribution in [0.15, 0.2) is 0 Å². The Bertz CT molecular complexity index is 670. The zero-order valence-corrected chi connectivity index (χ0v) is 13.1. The van der Waals surface area contributed by atoms with E-state index in [1.165, 1.54) is 10.4 Å². The highest BCUT2D eigenvalue weighted by Gasteiger charge is 2.14. The number of thiophene rings is 1. The van der Waals surface area contributed by atoms with Crippen molar-refractivity contribution in [1.29, 1.82) is 5.26 Å². The molecule has 106 valence electrons. The summed E-state index contributed by atoms with van der Waals surface area (Å²) >= 11 is 1.65. The molecule has 0 aliphatic carbocycles. The molecule has 20 heavy (non-hydrogen) atoms. The largest absolute Gasteiger partial charge is 0.383 e. The third kappa shape index (κ3) is 2.89. The molecule has 0 radical (unpaired) electrons. The van der Waals surface area contributed by atoms with Crippen LogP contribution >= 0.6 is 11.3 Å². The molecule has 0 aliphatic rings. The number of fused-ring (bicyclic) bond motifs is 1. The maximum absolute atomic E-state index is 8.84. The van der Waals surface area contributed by atoms with E-state index in [9.17, 15) is 0 Å². The van der Waals surface area contributed by atoms with Gasteiger partial charge in [0.2, 0.25) is 0 Å². The molecule has 0 saturated carbocycles. The molecular weight excluding hydrogens is 270 g/mol. The zero-order valence-electron chi connectivity index (χ0n) is 12.3. The van der Waals surface area contributed by atoms with Crippen LogP contribution in [0.2, 0.25) is 0 Å². The molecule has 0 fully saturated rings. The molecule has 2 aromatic heterocycles. The first-order chi connectivity index (χ1) is 9.42. The maximum atomic E-state index is 8.84. The lowest BCUT2D eigenvalue weighted by molar-refractivity contribution is 0.296. The Hall–Kier alpha value is -1.71. The molecular formula is C14H19N5S. The monoisotopic (exact) mass is 289 g/mol. The molecule has 6 heteroatoms. The van der Waals surface area contributed by atoms with E-state index in [4.69, 9.17) is 11.0 Å². The molecule has 0 aromatic carbocycles. The van der Waals surface area contributed by atoms with E-state index in [-0.39, 0.29) is 5.92 Å². The van der Waals surface area contributed by atoms with Gasteiger partial charge in [0.25, 0.3) is 0 Å². The Labute approximate surface area is 123 Å². The maximum Gasteiger partial charge on any atom is 0.146 e. The molecule has 1 atom stereocenters. The number of anilines is 1. The van der Waals surface area contributed by atoms with Gasteiger partial charge in [-0.25, -0.2) is 9.97 Å². The first kappa shape index (κ1) is 14.7. The van der Waals surface area contributed by atoms with E-state index in [1.807, 2.05) is 25.8 Å². The second-order valence-electron chi connectivity index (χ2n) is 5.22. The van der Waals surface area contributed by atoms with Gasteiger partial charge < -0.3 is 5.73 Å². The quantitative estimate of drug-likeness (QED) is 0.935. The van der Waals surface area contributed by atoms with E-state index in [2.05, 4.69) is 23.0 Å². The highest BCUT2D eigenvalue weighted by molar-refractivity contribution is 7.18. The second-order valence-corrected chi connectivity index (χ2v) is 6.42. The summed E-state index contributed by atoms with van der Waals surface area (Å²) in [5, 5.41) is 9.82. The predicted molar refractivity (Wildman–Crippen MR) is 82.4 cm³/mol. The van der Waals surface area contributed by atoms with Crippen LogP contribution < -0.4 is 5.73 Å². The molecule has 0 spiro atoms. The van der Waals surface area contributed by atoms with Crippen LogP contribution in [0.5, 0.6) is 0 Å². The van der Waals surface area contributed by atoms with E-state index in [0.717, 1.165) is 10.2 Å². The molecule has 2 N–H and O–H groups in total. The Morgan fingerprint density at radius 2 is 2.10 bits per heavy atom. The van der Waals surface area contributed by atoms with Gasteiger partial charge in [0, 0.05) is 11.4 Å². The van der Waals surface area contributed by atoms with Gasteiger partial charge >= 0.3 is 0 Å². The van der Waals surface area contributed by atoms with E-state index < -0.39 is 0 Å². The fraction of sp³-hybridized carbons (Fsp3) is 0.500.